The fraction of sp³-hybridized carbons (Fsp3) is 0.333. The van der Waals surface area contributed by atoms with Crippen LogP contribution in [0.4, 0.5) is 0 Å². The number of hydrogen-bond acceptors (Lipinski definition) is 2. The van der Waals surface area contributed by atoms with Crippen molar-refractivity contribution >= 4 is 5.94 Å². The van der Waals surface area contributed by atoms with Crippen LogP contribution < -0.4 is 0 Å². The minimum absolute atomic E-state index is 0.363. The lowest BCUT2D eigenvalue weighted by molar-refractivity contribution is 0.244. The van der Waals surface area contributed by atoms with Gasteiger partial charge in [-0.15, -0.1) is 0 Å². The van der Waals surface area contributed by atoms with Gasteiger partial charge in [-0.25, -0.2) is 4.79 Å². The second kappa shape index (κ2) is 4.16. The predicted molar refractivity (Wildman–Crippen MR) is 31.0 cm³/mol. The number of allylic oxidation sites excluding steroid dienone is 1. The summed E-state index contributed by atoms with van der Waals surface area (Å²) in [6, 6.07) is 0. The summed E-state index contributed by atoms with van der Waals surface area (Å²) < 4.78 is 4.77. The zero-order chi connectivity index (χ0) is 6.41. The van der Waals surface area contributed by atoms with Crippen LogP contribution in [-0.2, 0) is 9.53 Å². The Morgan fingerprint density at radius 3 is 3.00 bits per heavy atom. The number of carbonyl (C=O) groups excluding carboxylic acids is 1. The predicted octanol–water partition coefficient (Wildman–Crippen LogP) is 0.924. The average Bonchev–Trinajstić information content (AvgIpc) is 1.68. The lowest BCUT2D eigenvalue weighted by Crippen LogP contribution is -1.84. The van der Waals surface area contributed by atoms with Crippen LogP contribution in [0.15, 0.2) is 18.4 Å². The Hall–Kier alpha value is -1.01. The van der Waals surface area contributed by atoms with E-state index in [9.17, 15) is 4.79 Å². The van der Waals surface area contributed by atoms with Gasteiger partial charge in [-0.3, -0.25) is 0 Å². The first-order valence-corrected chi connectivity index (χ1v) is 2.33. The summed E-state index contributed by atoms with van der Waals surface area (Å²) in [5.74, 6) is 1.92. The molecule has 0 spiro atoms. The van der Waals surface area contributed by atoms with Gasteiger partial charge in [0.1, 0.15) is 11.7 Å². The van der Waals surface area contributed by atoms with Gasteiger partial charge in [0.2, 0.25) is 0 Å². The van der Waals surface area contributed by atoms with Crippen LogP contribution in [0.5, 0.6) is 0 Å². The maximum Gasteiger partial charge on any atom is 0.128 e. The molecule has 0 heterocycles. The molecule has 2 nitrogen and oxygen atoms in total. The summed E-state index contributed by atoms with van der Waals surface area (Å²) in [6.07, 6.45) is 1.16. The molecule has 0 radical (unpaired) electrons. The largest absolute Gasteiger partial charge is 0.494 e. The molecule has 8 heavy (non-hydrogen) atoms. The van der Waals surface area contributed by atoms with Gasteiger partial charge in [0, 0.05) is 0 Å². The van der Waals surface area contributed by atoms with Crippen LogP contribution in [0.3, 0.4) is 0 Å². The van der Waals surface area contributed by atoms with Gasteiger partial charge in [0.25, 0.3) is 0 Å². The van der Waals surface area contributed by atoms with E-state index in [2.05, 4.69) is 6.58 Å². The molecule has 0 saturated carbocycles. The zero-order valence-corrected chi connectivity index (χ0v) is 4.81. The van der Waals surface area contributed by atoms with Crippen molar-refractivity contribution in [2.24, 2.45) is 0 Å². The molecule has 0 aliphatic heterocycles. The molecule has 0 N–H and O–H groups in total. The minimum atomic E-state index is 0.363. The summed E-state index contributed by atoms with van der Waals surface area (Å²) in [4.78, 5) is 9.57. The minimum Gasteiger partial charge on any atom is -0.494 e. The van der Waals surface area contributed by atoms with Crippen molar-refractivity contribution in [3.05, 3.63) is 18.4 Å². The highest BCUT2D eigenvalue weighted by molar-refractivity contribution is 5.50. The molecule has 44 valence electrons. The van der Waals surface area contributed by atoms with Crippen LogP contribution in [0.1, 0.15) is 6.92 Å². The Bertz CT molecular complexity index is 120. The smallest absolute Gasteiger partial charge is 0.128 e. The van der Waals surface area contributed by atoms with Gasteiger partial charge in [0.05, 0.1) is 12.7 Å². The molecule has 0 saturated heterocycles. The normalized spacial score (nSPS) is 7.12. The van der Waals surface area contributed by atoms with Crippen LogP contribution in [0, 0.1) is 0 Å². The van der Waals surface area contributed by atoms with Gasteiger partial charge in [0.15, 0.2) is 0 Å². The van der Waals surface area contributed by atoms with E-state index >= 15 is 0 Å². The second-order valence-corrected chi connectivity index (χ2v) is 1.16. The number of hydrogen-bond donors (Lipinski definition) is 0. The second-order valence-electron chi connectivity index (χ2n) is 1.16. The SMILES string of the molecule is C=C(C=C=O)OCC. The van der Waals surface area contributed by atoms with Crippen molar-refractivity contribution in [2.45, 2.75) is 6.92 Å². The third kappa shape index (κ3) is 3.19. The van der Waals surface area contributed by atoms with Crippen molar-refractivity contribution in [2.75, 3.05) is 6.61 Å². The van der Waals surface area contributed by atoms with E-state index < -0.39 is 0 Å². The highest BCUT2D eigenvalue weighted by Crippen LogP contribution is 1.89. The summed E-state index contributed by atoms with van der Waals surface area (Å²) in [5.41, 5.74) is 0. The van der Waals surface area contributed by atoms with Crippen LogP contribution >= 0.6 is 0 Å². The molecule has 0 aromatic heterocycles. The van der Waals surface area contributed by atoms with Crippen LogP contribution in [-0.4, -0.2) is 12.5 Å². The van der Waals surface area contributed by atoms with Crippen molar-refractivity contribution < 1.29 is 9.53 Å². The van der Waals surface area contributed by atoms with Crippen molar-refractivity contribution in [1.29, 1.82) is 0 Å². The van der Waals surface area contributed by atoms with Crippen molar-refractivity contribution in [3.63, 3.8) is 0 Å². The Balaban J connectivity index is 3.49. The summed E-state index contributed by atoms with van der Waals surface area (Å²) >= 11 is 0. The van der Waals surface area contributed by atoms with E-state index in [1.54, 1.807) is 5.94 Å². The van der Waals surface area contributed by atoms with Crippen LogP contribution in [0.25, 0.3) is 0 Å². The van der Waals surface area contributed by atoms with Gasteiger partial charge < -0.3 is 4.74 Å². The van der Waals surface area contributed by atoms with E-state index in [-0.39, 0.29) is 0 Å². The monoisotopic (exact) mass is 112 g/mol. The molecule has 0 fully saturated rings. The molecule has 0 amide bonds. The maximum atomic E-state index is 9.57. The van der Waals surface area contributed by atoms with Gasteiger partial charge >= 0.3 is 0 Å². The quantitative estimate of drug-likeness (QED) is 0.308. The summed E-state index contributed by atoms with van der Waals surface area (Å²) in [5, 5.41) is 0. The fourth-order valence-corrected chi connectivity index (χ4v) is 0.293. The molecule has 2 heteroatoms. The van der Waals surface area contributed by atoms with Gasteiger partial charge in [-0.2, -0.15) is 0 Å². The topological polar surface area (TPSA) is 26.3 Å². The lowest BCUT2D eigenvalue weighted by Gasteiger charge is -1.96. The lowest BCUT2D eigenvalue weighted by atomic mass is 10.5. The molecular formula is C6H8O2. The Morgan fingerprint density at radius 2 is 2.62 bits per heavy atom. The van der Waals surface area contributed by atoms with E-state index in [0.717, 1.165) is 6.08 Å². The highest BCUT2D eigenvalue weighted by atomic mass is 16.5. The first-order chi connectivity index (χ1) is 3.81. The summed E-state index contributed by atoms with van der Waals surface area (Å²) in [7, 11) is 0. The first-order valence-electron chi connectivity index (χ1n) is 2.33. The van der Waals surface area contributed by atoms with E-state index in [1.807, 2.05) is 6.92 Å². The molecule has 0 bridgehead atoms. The number of ether oxygens (including phenoxy) is 1. The molecule has 0 aromatic rings. The third-order valence-electron chi connectivity index (χ3n) is 0.550. The molecule has 0 aromatic carbocycles. The Labute approximate surface area is 48.5 Å². The van der Waals surface area contributed by atoms with Crippen LogP contribution in [0.2, 0.25) is 0 Å². The summed E-state index contributed by atoms with van der Waals surface area (Å²) in [6.45, 7) is 5.76. The zero-order valence-electron chi connectivity index (χ0n) is 4.81. The first kappa shape index (κ1) is 6.99. The van der Waals surface area contributed by atoms with Crippen molar-refractivity contribution in [1.82, 2.24) is 0 Å². The average molecular weight is 112 g/mol. The molecule has 0 atom stereocenters. The van der Waals surface area contributed by atoms with E-state index in [1.165, 1.54) is 0 Å². The number of rotatable bonds is 3. The maximum absolute atomic E-state index is 9.57. The molecule has 0 unspecified atom stereocenters. The molecule has 0 aliphatic carbocycles. The molecular weight excluding hydrogens is 104 g/mol. The van der Waals surface area contributed by atoms with Gasteiger partial charge in [-0.1, -0.05) is 6.58 Å². The Morgan fingerprint density at radius 1 is 2.00 bits per heavy atom. The highest BCUT2D eigenvalue weighted by Gasteiger charge is 1.81. The van der Waals surface area contributed by atoms with E-state index in [0.29, 0.717) is 12.4 Å². The fourth-order valence-electron chi connectivity index (χ4n) is 0.293. The van der Waals surface area contributed by atoms with E-state index in [4.69, 9.17) is 4.74 Å². The molecule has 0 aliphatic rings. The Kier molecular flexibility index (Phi) is 3.63. The molecule has 0 rings (SSSR count). The van der Waals surface area contributed by atoms with Gasteiger partial charge in [-0.05, 0) is 6.92 Å². The third-order valence-corrected chi connectivity index (χ3v) is 0.550. The standard InChI is InChI=1S/C6H8O2/c1-3-8-6(2)4-5-7/h4H,2-3H2,1H3. The van der Waals surface area contributed by atoms with Crippen molar-refractivity contribution in [3.8, 4) is 0 Å².